The summed E-state index contributed by atoms with van der Waals surface area (Å²) in [6, 6.07) is 9.75. The first kappa shape index (κ1) is 9.52. The van der Waals surface area contributed by atoms with Gasteiger partial charge in [0.2, 0.25) is 0 Å². The van der Waals surface area contributed by atoms with E-state index in [1.165, 1.54) is 0 Å². The fourth-order valence-electron chi connectivity index (χ4n) is 0.930. The van der Waals surface area contributed by atoms with Crippen molar-refractivity contribution in [1.29, 1.82) is 0 Å². The number of carbonyl (C=O) groups excluding carboxylic acids is 1. The molecule has 0 aromatic heterocycles. The van der Waals surface area contributed by atoms with Gasteiger partial charge < -0.3 is 5.32 Å². The minimum absolute atomic E-state index is 0.753. The van der Waals surface area contributed by atoms with Crippen LogP contribution in [0.15, 0.2) is 42.1 Å². The summed E-state index contributed by atoms with van der Waals surface area (Å²) < 4.78 is 0. The molecule has 0 aliphatic rings. The van der Waals surface area contributed by atoms with Crippen molar-refractivity contribution < 1.29 is 4.79 Å². The van der Waals surface area contributed by atoms with Gasteiger partial charge in [0.1, 0.15) is 6.29 Å². The highest BCUT2D eigenvalue weighted by molar-refractivity contribution is 5.73. The van der Waals surface area contributed by atoms with E-state index in [1.54, 1.807) is 6.20 Å². The Bertz CT molecular complexity index is 290. The molecule has 0 amide bonds. The molecule has 0 spiro atoms. The molecule has 1 rings (SSSR count). The second-order valence-electron chi connectivity index (χ2n) is 2.70. The summed E-state index contributed by atoms with van der Waals surface area (Å²) in [6.07, 6.45) is 3.36. The van der Waals surface area contributed by atoms with E-state index in [4.69, 9.17) is 0 Å². The molecule has 1 N–H and O–H groups in total. The maximum atomic E-state index is 10.4. The first-order chi connectivity index (χ1) is 6.36. The van der Waals surface area contributed by atoms with E-state index in [1.807, 2.05) is 37.3 Å². The van der Waals surface area contributed by atoms with Crippen LogP contribution < -0.4 is 5.32 Å². The Balaban J connectivity index is 2.60. The zero-order valence-electron chi connectivity index (χ0n) is 7.66. The number of allylic oxidation sites excluding steroid dienone is 1. The first-order valence-electron chi connectivity index (χ1n) is 4.32. The molecule has 0 radical (unpaired) electrons. The summed E-state index contributed by atoms with van der Waals surface area (Å²) >= 11 is 0. The van der Waals surface area contributed by atoms with Crippen LogP contribution in [0.3, 0.4) is 0 Å². The van der Waals surface area contributed by atoms with E-state index in [0.29, 0.717) is 0 Å². The van der Waals surface area contributed by atoms with Gasteiger partial charge >= 0.3 is 0 Å². The number of hydrogen-bond acceptors (Lipinski definition) is 2. The fourth-order valence-corrected chi connectivity index (χ4v) is 0.930. The molecule has 0 saturated carbocycles. The van der Waals surface area contributed by atoms with Crippen LogP contribution in [0, 0.1) is 0 Å². The maximum absolute atomic E-state index is 10.4. The third kappa shape index (κ3) is 3.11. The Labute approximate surface area is 78.3 Å². The number of anilines is 1. The SMILES string of the molecule is CC/C(C=O)=C\Nc1ccccc1. The van der Waals surface area contributed by atoms with Crippen LogP contribution in [0.4, 0.5) is 5.69 Å². The number of benzene rings is 1. The standard InChI is InChI=1S/C11H13NO/c1-2-10(9-13)8-12-11-6-4-3-5-7-11/h3-9,12H,2H2,1H3/b10-8+. The molecule has 1 aromatic rings. The van der Waals surface area contributed by atoms with Crippen molar-refractivity contribution in [2.45, 2.75) is 13.3 Å². The van der Waals surface area contributed by atoms with E-state index in [2.05, 4.69) is 5.32 Å². The van der Waals surface area contributed by atoms with E-state index < -0.39 is 0 Å². The molecule has 0 unspecified atom stereocenters. The topological polar surface area (TPSA) is 29.1 Å². The number of nitrogens with one attached hydrogen (secondary N) is 1. The van der Waals surface area contributed by atoms with Crippen LogP contribution >= 0.6 is 0 Å². The Kier molecular flexibility index (Phi) is 3.76. The van der Waals surface area contributed by atoms with Gasteiger partial charge in [0.15, 0.2) is 0 Å². The molecular formula is C11H13NO. The Morgan fingerprint density at radius 1 is 1.38 bits per heavy atom. The van der Waals surface area contributed by atoms with Gasteiger partial charge in [-0.15, -0.1) is 0 Å². The Morgan fingerprint density at radius 3 is 2.62 bits per heavy atom. The molecule has 2 heteroatoms. The van der Waals surface area contributed by atoms with Gasteiger partial charge in [0.25, 0.3) is 0 Å². The van der Waals surface area contributed by atoms with Crippen LogP contribution in [0.2, 0.25) is 0 Å². The average molecular weight is 175 g/mol. The summed E-state index contributed by atoms with van der Waals surface area (Å²) in [4.78, 5) is 10.4. The van der Waals surface area contributed by atoms with Crippen LogP contribution in [0.5, 0.6) is 0 Å². The normalized spacial score (nSPS) is 11.0. The lowest BCUT2D eigenvalue weighted by atomic mass is 10.2. The van der Waals surface area contributed by atoms with Gasteiger partial charge in [0.05, 0.1) is 0 Å². The molecule has 0 aliphatic heterocycles. The maximum Gasteiger partial charge on any atom is 0.147 e. The average Bonchev–Trinajstić information content (AvgIpc) is 2.21. The third-order valence-corrected chi connectivity index (χ3v) is 1.76. The van der Waals surface area contributed by atoms with Crippen molar-refractivity contribution in [3.05, 3.63) is 42.1 Å². The molecule has 0 heterocycles. The monoisotopic (exact) mass is 175 g/mol. The van der Waals surface area contributed by atoms with Crippen molar-refractivity contribution in [2.75, 3.05) is 5.32 Å². The lowest BCUT2D eigenvalue weighted by molar-refractivity contribution is -0.105. The molecule has 68 valence electrons. The first-order valence-corrected chi connectivity index (χ1v) is 4.32. The minimum atomic E-state index is 0.753. The lowest BCUT2D eigenvalue weighted by Gasteiger charge is -2.00. The van der Waals surface area contributed by atoms with E-state index in [-0.39, 0.29) is 0 Å². The molecule has 2 nitrogen and oxygen atoms in total. The minimum Gasteiger partial charge on any atom is -0.361 e. The van der Waals surface area contributed by atoms with Gasteiger partial charge in [-0.05, 0) is 18.6 Å². The number of rotatable bonds is 4. The smallest absolute Gasteiger partial charge is 0.147 e. The molecule has 0 saturated heterocycles. The molecule has 1 aromatic carbocycles. The van der Waals surface area contributed by atoms with Gasteiger partial charge in [-0.3, -0.25) is 4.79 Å². The van der Waals surface area contributed by atoms with Crippen LogP contribution in [0.1, 0.15) is 13.3 Å². The van der Waals surface area contributed by atoms with Crippen molar-refractivity contribution in [2.24, 2.45) is 0 Å². The number of para-hydroxylation sites is 1. The molecule has 0 aliphatic carbocycles. The number of aldehydes is 1. The van der Waals surface area contributed by atoms with Crippen LogP contribution in [-0.2, 0) is 4.79 Å². The van der Waals surface area contributed by atoms with E-state index in [9.17, 15) is 4.79 Å². The van der Waals surface area contributed by atoms with Gasteiger partial charge in [-0.2, -0.15) is 0 Å². The molecular weight excluding hydrogens is 162 g/mol. The lowest BCUT2D eigenvalue weighted by Crippen LogP contribution is -1.91. The zero-order valence-corrected chi connectivity index (χ0v) is 7.66. The predicted molar refractivity (Wildman–Crippen MR) is 54.5 cm³/mol. The summed E-state index contributed by atoms with van der Waals surface area (Å²) in [7, 11) is 0. The third-order valence-electron chi connectivity index (χ3n) is 1.76. The van der Waals surface area contributed by atoms with Gasteiger partial charge in [0, 0.05) is 17.5 Å². The molecule has 0 fully saturated rings. The second-order valence-corrected chi connectivity index (χ2v) is 2.70. The van der Waals surface area contributed by atoms with Crippen molar-refractivity contribution in [3.63, 3.8) is 0 Å². The second kappa shape index (κ2) is 5.14. The number of carbonyl (C=O) groups is 1. The molecule has 0 atom stereocenters. The van der Waals surface area contributed by atoms with Crippen LogP contribution in [-0.4, -0.2) is 6.29 Å². The van der Waals surface area contributed by atoms with Crippen molar-refractivity contribution in [3.8, 4) is 0 Å². The highest BCUT2D eigenvalue weighted by atomic mass is 16.1. The van der Waals surface area contributed by atoms with Crippen molar-refractivity contribution in [1.82, 2.24) is 0 Å². The zero-order chi connectivity index (χ0) is 9.52. The number of hydrogen-bond donors (Lipinski definition) is 1. The van der Waals surface area contributed by atoms with E-state index >= 15 is 0 Å². The summed E-state index contributed by atoms with van der Waals surface area (Å²) in [5.41, 5.74) is 1.76. The quantitative estimate of drug-likeness (QED) is 0.563. The molecule has 0 bridgehead atoms. The highest BCUT2D eigenvalue weighted by Gasteiger charge is 1.89. The largest absolute Gasteiger partial charge is 0.361 e. The van der Waals surface area contributed by atoms with E-state index in [0.717, 1.165) is 24.0 Å². The predicted octanol–water partition coefficient (Wildman–Crippen LogP) is 2.59. The van der Waals surface area contributed by atoms with Crippen LogP contribution in [0.25, 0.3) is 0 Å². The molecule has 13 heavy (non-hydrogen) atoms. The Morgan fingerprint density at radius 2 is 2.08 bits per heavy atom. The van der Waals surface area contributed by atoms with Crippen molar-refractivity contribution >= 4 is 12.0 Å². The summed E-state index contributed by atoms with van der Waals surface area (Å²) in [5.74, 6) is 0. The Hall–Kier alpha value is -1.57. The summed E-state index contributed by atoms with van der Waals surface area (Å²) in [5, 5.41) is 3.05. The van der Waals surface area contributed by atoms with Gasteiger partial charge in [-0.25, -0.2) is 0 Å². The highest BCUT2D eigenvalue weighted by Crippen LogP contribution is 2.06. The summed E-state index contributed by atoms with van der Waals surface area (Å²) in [6.45, 7) is 1.95. The fraction of sp³-hybridized carbons (Fsp3) is 0.182. The van der Waals surface area contributed by atoms with Gasteiger partial charge in [-0.1, -0.05) is 25.1 Å².